The van der Waals surface area contributed by atoms with Gasteiger partial charge in [-0.25, -0.2) is 14.4 Å². The van der Waals surface area contributed by atoms with Crippen LogP contribution in [0.25, 0.3) is 0 Å². The summed E-state index contributed by atoms with van der Waals surface area (Å²) in [5.41, 5.74) is 5.64. The minimum Gasteiger partial charge on any atom is -0.381 e. The van der Waals surface area contributed by atoms with Crippen LogP contribution in [0.4, 0.5) is 10.2 Å². The second-order valence-corrected chi connectivity index (χ2v) is 3.00. The number of ether oxygens (including phenoxy) is 1. The zero-order chi connectivity index (χ0) is 10.7. The predicted molar refractivity (Wildman–Crippen MR) is 51.2 cm³/mol. The molecule has 0 bridgehead atoms. The van der Waals surface area contributed by atoms with Crippen LogP contribution in [0.1, 0.15) is 31.0 Å². The second-order valence-electron chi connectivity index (χ2n) is 3.00. The Morgan fingerprint density at radius 2 is 2.14 bits per heavy atom. The second kappa shape index (κ2) is 4.32. The molecule has 0 aromatic carbocycles. The first-order chi connectivity index (χ1) is 6.60. The molecule has 1 aromatic rings. The van der Waals surface area contributed by atoms with Crippen molar-refractivity contribution in [2.24, 2.45) is 0 Å². The van der Waals surface area contributed by atoms with Gasteiger partial charge in [0.15, 0.2) is 17.5 Å². The molecule has 14 heavy (non-hydrogen) atoms. The molecule has 0 fully saturated rings. The maximum Gasteiger partial charge on any atom is 0.186 e. The highest BCUT2D eigenvalue weighted by molar-refractivity contribution is 5.32. The van der Waals surface area contributed by atoms with Crippen LogP contribution in [0.15, 0.2) is 0 Å². The lowest BCUT2D eigenvalue weighted by atomic mass is 10.2. The molecule has 2 N–H and O–H groups in total. The van der Waals surface area contributed by atoms with E-state index in [0.717, 1.165) is 6.42 Å². The van der Waals surface area contributed by atoms with Gasteiger partial charge in [-0.2, -0.15) is 0 Å². The number of anilines is 1. The van der Waals surface area contributed by atoms with E-state index in [1.165, 1.54) is 0 Å². The van der Waals surface area contributed by atoms with E-state index in [-0.39, 0.29) is 17.6 Å². The van der Waals surface area contributed by atoms with E-state index in [1.54, 1.807) is 14.0 Å². The summed E-state index contributed by atoms with van der Waals surface area (Å²) in [6.45, 7) is 3.49. The van der Waals surface area contributed by atoms with Crippen molar-refractivity contribution >= 4 is 5.82 Å². The number of hydrogen-bond acceptors (Lipinski definition) is 4. The topological polar surface area (TPSA) is 61.0 Å². The van der Waals surface area contributed by atoms with Crippen LogP contribution in [0.3, 0.4) is 0 Å². The number of halogens is 1. The molecule has 0 aliphatic rings. The number of hydrogen-bond donors (Lipinski definition) is 1. The molecule has 4 nitrogen and oxygen atoms in total. The van der Waals surface area contributed by atoms with E-state index < -0.39 is 5.82 Å². The summed E-state index contributed by atoms with van der Waals surface area (Å²) < 4.78 is 18.2. The first-order valence-electron chi connectivity index (χ1n) is 4.42. The number of rotatable bonds is 3. The van der Waals surface area contributed by atoms with Crippen molar-refractivity contribution < 1.29 is 9.13 Å². The molecule has 1 rings (SSSR count). The maximum absolute atomic E-state index is 13.1. The van der Waals surface area contributed by atoms with Gasteiger partial charge in [0.05, 0.1) is 5.69 Å². The van der Waals surface area contributed by atoms with Gasteiger partial charge in [-0.1, -0.05) is 6.92 Å². The predicted octanol–water partition coefficient (Wildman–Crippen LogP) is 1.60. The van der Waals surface area contributed by atoms with Crippen molar-refractivity contribution in [3.8, 4) is 0 Å². The monoisotopic (exact) mass is 199 g/mol. The summed E-state index contributed by atoms with van der Waals surface area (Å²) in [4.78, 5) is 7.83. The van der Waals surface area contributed by atoms with Crippen LogP contribution >= 0.6 is 0 Å². The highest BCUT2D eigenvalue weighted by Gasteiger charge is 2.15. The number of nitrogens with zero attached hydrogens (tertiary/aromatic N) is 2. The van der Waals surface area contributed by atoms with Gasteiger partial charge in [-0.15, -0.1) is 0 Å². The first-order valence-corrected chi connectivity index (χ1v) is 4.42. The van der Waals surface area contributed by atoms with Crippen LogP contribution in [0.5, 0.6) is 0 Å². The smallest absolute Gasteiger partial charge is 0.186 e. The Morgan fingerprint density at radius 1 is 1.50 bits per heavy atom. The number of methoxy groups -OCH3 is 1. The largest absolute Gasteiger partial charge is 0.381 e. The average molecular weight is 199 g/mol. The van der Waals surface area contributed by atoms with E-state index in [4.69, 9.17) is 10.5 Å². The highest BCUT2D eigenvalue weighted by atomic mass is 19.1. The van der Waals surface area contributed by atoms with Crippen molar-refractivity contribution in [2.75, 3.05) is 12.8 Å². The fraction of sp³-hybridized carbons (Fsp3) is 0.556. The van der Waals surface area contributed by atoms with Crippen LogP contribution in [0.2, 0.25) is 0 Å². The molecule has 78 valence electrons. The Balaban J connectivity index is 3.11. The Kier molecular flexibility index (Phi) is 3.35. The zero-order valence-electron chi connectivity index (χ0n) is 8.54. The Morgan fingerprint density at radius 3 is 2.57 bits per heavy atom. The summed E-state index contributed by atoms with van der Waals surface area (Å²) in [5, 5.41) is 0. The van der Waals surface area contributed by atoms with Crippen LogP contribution in [-0.2, 0) is 4.74 Å². The lowest BCUT2D eigenvalue weighted by Gasteiger charge is -2.12. The highest BCUT2D eigenvalue weighted by Crippen LogP contribution is 2.19. The number of nitrogens with two attached hydrogens (primary N) is 1. The van der Waals surface area contributed by atoms with Gasteiger partial charge < -0.3 is 10.5 Å². The van der Waals surface area contributed by atoms with Gasteiger partial charge in [-0.05, 0) is 13.3 Å². The van der Waals surface area contributed by atoms with Crippen LogP contribution in [0, 0.1) is 12.7 Å². The molecule has 1 unspecified atom stereocenters. The van der Waals surface area contributed by atoms with E-state index in [2.05, 4.69) is 9.97 Å². The SMILES string of the molecule is CCC(OC)c1nc(C)c(F)c(N)n1. The van der Waals surface area contributed by atoms with E-state index in [1.807, 2.05) is 6.92 Å². The molecular formula is C9H14FN3O. The van der Waals surface area contributed by atoms with Crippen LogP contribution < -0.4 is 5.73 Å². The minimum atomic E-state index is -0.556. The van der Waals surface area contributed by atoms with Gasteiger partial charge in [0.2, 0.25) is 0 Å². The summed E-state index contributed by atoms with van der Waals surface area (Å²) in [6.07, 6.45) is 0.498. The summed E-state index contributed by atoms with van der Waals surface area (Å²) in [7, 11) is 1.56. The third kappa shape index (κ3) is 1.98. The van der Waals surface area contributed by atoms with Crippen molar-refractivity contribution in [3.05, 3.63) is 17.3 Å². The van der Waals surface area contributed by atoms with Gasteiger partial charge in [-0.3, -0.25) is 0 Å². The summed E-state index contributed by atoms with van der Waals surface area (Å²) in [6, 6.07) is 0. The number of nitrogen functional groups attached to an aromatic ring is 1. The van der Waals surface area contributed by atoms with Crippen molar-refractivity contribution in [1.29, 1.82) is 0 Å². The maximum atomic E-state index is 13.1. The molecule has 0 aliphatic carbocycles. The van der Waals surface area contributed by atoms with E-state index in [9.17, 15) is 4.39 Å². The van der Waals surface area contributed by atoms with Crippen molar-refractivity contribution in [3.63, 3.8) is 0 Å². The molecule has 0 radical (unpaired) electrons. The lowest BCUT2D eigenvalue weighted by molar-refractivity contribution is 0.0924. The molecule has 0 amide bonds. The number of aryl methyl sites for hydroxylation is 1. The zero-order valence-corrected chi connectivity index (χ0v) is 8.54. The summed E-state index contributed by atoms with van der Waals surface area (Å²) in [5.74, 6) is -0.242. The lowest BCUT2D eigenvalue weighted by Crippen LogP contribution is -2.10. The van der Waals surface area contributed by atoms with Gasteiger partial charge in [0.1, 0.15) is 6.10 Å². The Labute approximate surface area is 82.3 Å². The van der Waals surface area contributed by atoms with Gasteiger partial charge in [0, 0.05) is 7.11 Å². The molecule has 0 saturated carbocycles. The van der Waals surface area contributed by atoms with Crippen LogP contribution in [-0.4, -0.2) is 17.1 Å². The molecule has 1 aromatic heterocycles. The molecule has 5 heteroatoms. The van der Waals surface area contributed by atoms with Gasteiger partial charge >= 0.3 is 0 Å². The number of aromatic nitrogens is 2. The van der Waals surface area contributed by atoms with Gasteiger partial charge in [0.25, 0.3) is 0 Å². The minimum absolute atomic E-state index is 0.122. The Bertz CT molecular complexity index is 303. The van der Waals surface area contributed by atoms with Crippen molar-refractivity contribution in [2.45, 2.75) is 26.4 Å². The normalized spacial score (nSPS) is 12.9. The molecule has 0 aliphatic heterocycles. The van der Waals surface area contributed by atoms with E-state index >= 15 is 0 Å². The van der Waals surface area contributed by atoms with E-state index in [0.29, 0.717) is 5.82 Å². The fourth-order valence-electron chi connectivity index (χ4n) is 1.20. The molecular weight excluding hydrogens is 185 g/mol. The molecule has 0 spiro atoms. The fourth-order valence-corrected chi connectivity index (χ4v) is 1.20. The quantitative estimate of drug-likeness (QED) is 0.803. The first kappa shape index (κ1) is 10.8. The molecule has 1 heterocycles. The molecule has 1 atom stereocenters. The molecule has 0 saturated heterocycles. The average Bonchev–Trinajstić information content (AvgIpc) is 2.16. The summed E-state index contributed by atoms with van der Waals surface area (Å²) >= 11 is 0. The van der Waals surface area contributed by atoms with Crippen molar-refractivity contribution in [1.82, 2.24) is 9.97 Å². The standard InChI is InChI=1S/C9H14FN3O/c1-4-6(14-3)9-12-5(2)7(10)8(11)13-9/h6H,4H2,1-3H3,(H2,11,12,13). The third-order valence-electron chi connectivity index (χ3n) is 2.00. The third-order valence-corrected chi connectivity index (χ3v) is 2.00. The Hall–Kier alpha value is -1.23.